The van der Waals surface area contributed by atoms with Crippen molar-refractivity contribution in [2.24, 2.45) is 5.41 Å². The number of anilines is 1. The molecular formula is C20H29N3O3. The number of ether oxygens (including phenoxy) is 1. The molecule has 1 amide bonds. The van der Waals surface area contributed by atoms with Crippen LogP contribution in [0, 0.1) is 19.3 Å². The number of nitrogens with one attached hydrogen (secondary N) is 1. The summed E-state index contributed by atoms with van der Waals surface area (Å²) in [4.78, 5) is 29.3. The zero-order chi connectivity index (χ0) is 19.9. The van der Waals surface area contributed by atoms with Crippen LogP contribution in [0.5, 0.6) is 0 Å². The fourth-order valence-electron chi connectivity index (χ4n) is 2.64. The molecule has 0 saturated heterocycles. The second-order valence-electron chi connectivity index (χ2n) is 8.97. The van der Waals surface area contributed by atoms with Crippen molar-refractivity contribution < 1.29 is 14.3 Å². The van der Waals surface area contributed by atoms with Crippen LogP contribution >= 0.6 is 0 Å². The molecule has 0 saturated carbocycles. The number of carbonyl (C=O) groups excluding carboxylic acids is 2. The Kier molecular flexibility index (Phi) is 5.17. The molecule has 0 bridgehead atoms. The normalized spacial score (nSPS) is 12.3. The van der Waals surface area contributed by atoms with Crippen LogP contribution < -0.4 is 5.32 Å². The summed E-state index contributed by atoms with van der Waals surface area (Å²) in [6.45, 7) is 15.3. The van der Waals surface area contributed by atoms with Gasteiger partial charge in [0.2, 0.25) is 5.91 Å². The van der Waals surface area contributed by atoms with Crippen LogP contribution in [0.2, 0.25) is 0 Å². The molecule has 0 fully saturated rings. The van der Waals surface area contributed by atoms with Crippen LogP contribution in [0.25, 0.3) is 11.0 Å². The predicted octanol–water partition coefficient (Wildman–Crippen LogP) is 4.81. The van der Waals surface area contributed by atoms with Crippen molar-refractivity contribution in [1.82, 2.24) is 9.55 Å². The molecule has 6 heteroatoms. The number of aromatic nitrogens is 2. The van der Waals surface area contributed by atoms with Gasteiger partial charge in [0.05, 0.1) is 11.0 Å². The molecular weight excluding hydrogens is 330 g/mol. The molecule has 2 heterocycles. The van der Waals surface area contributed by atoms with Gasteiger partial charge in [-0.2, -0.15) is 0 Å². The molecule has 26 heavy (non-hydrogen) atoms. The van der Waals surface area contributed by atoms with Crippen molar-refractivity contribution in [3.8, 4) is 0 Å². The van der Waals surface area contributed by atoms with E-state index in [1.807, 2.05) is 61.5 Å². The minimum atomic E-state index is -0.578. The van der Waals surface area contributed by atoms with Crippen molar-refractivity contribution in [3.05, 3.63) is 23.4 Å². The van der Waals surface area contributed by atoms with Crippen LogP contribution in [0.4, 0.5) is 10.6 Å². The van der Waals surface area contributed by atoms with Crippen LogP contribution in [0.1, 0.15) is 59.1 Å². The van der Waals surface area contributed by atoms with Gasteiger partial charge in [0.25, 0.3) is 0 Å². The molecule has 0 aliphatic rings. The van der Waals surface area contributed by atoms with Gasteiger partial charge in [-0.25, -0.2) is 9.78 Å². The highest BCUT2D eigenvalue weighted by Gasteiger charge is 2.22. The summed E-state index contributed by atoms with van der Waals surface area (Å²) >= 11 is 0. The molecule has 2 rings (SSSR count). The second-order valence-corrected chi connectivity index (χ2v) is 8.97. The van der Waals surface area contributed by atoms with Crippen molar-refractivity contribution in [2.75, 3.05) is 5.32 Å². The third-order valence-electron chi connectivity index (χ3n) is 3.69. The molecule has 6 nitrogen and oxygen atoms in total. The van der Waals surface area contributed by atoms with Gasteiger partial charge in [0.1, 0.15) is 11.4 Å². The predicted molar refractivity (Wildman–Crippen MR) is 104 cm³/mol. The minimum absolute atomic E-state index is 0.0725. The zero-order valence-electron chi connectivity index (χ0n) is 17.0. The van der Waals surface area contributed by atoms with Gasteiger partial charge in [0, 0.05) is 12.6 Å². The van der Waals surface area contributed by atoms with E-state index in [0.717, 1.165) is 11.1 Å². The average molecular weight is 359 g/mol. The smallest absolute Gasteiger partial charge is 0.419 e. The Bertz CT molecular complexity index is 852. The van der Waals surface area contributed by atoms with Gasteiger partial charge in [0.15, 0.2) is 0 Å². The van der Waals surface area contributed by atoms with E-state index >= 15 is 0 Å². The Labute approximate surface area is 154 Å². The first-order chi connectivity index (χ1) is 11.8. The highest BCUT2D eigenvalue weighted by molar-refractivity contribution is 5.95. The summed E-state index contributed by atoms with van der Waals surface area (Å²) in [7, 11) is 0. The number of hydrogen-bond donors (Lipinski definition) is 1. The molecule has 0 aromatic carbocycles. The largest absolute Gasteiger partial charge is 0.443 e. The molecule has 2 aromatic rings. The number of fused-ring (bicyclic) bond motifs is 1. The number of nitrogens with zero attached hydrogens (tertiary/aromatic N) is 2. The molecule has 0 unspecified atom stereocenters. The van der Waals surface area contributed by atoms with Crippen molar-refractivity contribution >= 4 is 28.9 Å². The van der Waals surface area contributed by atoms with Gasteiger partial charge < -0.3 is 10.1 Å². The van der Waals surface area contributed by atoms with Crippen LogP contribution in [0.15, 0.2) is 12.3 Å². The van der Waals surface area contributed by atoms with E-state index in [1.165, 1.54) is 4.57 Å². The monoisotopic (exact) mass is 359 g/mol. The first-order valence-electron chi connectivity index (χ1n) is 8.79. The highest BCUT2D eigenvalue weighted by Crippen LogP contribution is 2.26. The van der Waals surface area contributed by atoms with Gasteiger partial charge in [-0.05, 0) is 57.2 Å². The summed E-state index contributed by atoms with van der Waals surface area (Å²) in [5.41, 5.74) is 2.30. The number of rotatable bonds is 2. The maximum atomic E-state index is 12.5. The van der Waals surface area contributed by atoms with E-state index < -0.39 is 11.7 Å². The third kappa shape index (κ3) is 4.84. The summed E-state index contributed by atoms with van der Waals surface area (Å²) < 4.78 is 6.93. The van der Waals surface area contributed by atoms with E-state index in [1.54, 1.807) is 6.20 Å². The summed E-state index contributed by atoms with van der Waals surface area (Å²) in [6.07, 6.45) is 1.68. The number of amides is 1. The SMILES string of the molecule is Cc1cc2c(nc1NC(=O)CC(C)(C)C)c(C)cn2C(=O)OC(C)(C)C. The van der Waals surface area contributed by atoms with E-state index in [4.69, 9.17) is 4.74 Å². The Morgan fingerprint density at radius 1 is 1.12 bits per heavy atom. The quantitative estimate of drug-likeness (QED) is 0.835. The fourth-order valence-corrected chi connectivity index (χ4v) is 2.64. The molecule has 1 N–H and O–H groups in total. The maximum absolute atomic E-state index is 12.5. The van der Waals surface area contributed by atoms with Crippen molar-refractivity contribution in [3.63, 3.8) is 0 Å². The molecule has 0 spiro atoms. The Morgan fingerprint density at radius 3 is 2.27 bits per heavy atom. The fraction of sp³-hybridized carbons (Fsp3) is 0.550. The van der Waals surface area contributed by atoms with Gasteiger partial charge >= 0.3 is 6.09 Å². The number of pyridine rings is 1. The summed E-state index contributed by atoms with van der Waals surface area (Å²) in [6, 6.07) is 1.85. The molecule has 0 aliphatic carbocycles. The summed E-state index contributed by atoms with van der Waals surface area (Å²) in [5.74, 6) is 0.452. The molecule has 0 atom stereocenters. The maximum Gasteiger partial charge on any atom is 0.419 e. The molecule has 0 radical (unpaired) electrons. The highest BCUT2D eigenvalue weighted by atomic mass is 16.6. The summed E-state index contributed by atoms with van der Waals surface area (Å²) in [5, 5.41) is 2.89. The molecule has 2 aromatic heterocycles. The van der Waals surface area contributed by atoms with E-state index in [9.17, 15) is 9.59 Å². The third-order valence-corrected chi connectivity index (χ3v) is 3.69. The average Bonchev–Trinajstić information content (AvgIpc) is 2.72. The Morgan fingerprint density at radius 2 is 1.73 bits per heavy atom. The number of aryl methyl sites for hydroxylation is 2. The Balaban J connectivity index is 2.38. The van der Waals surface area contributed by atoms with E-state index in [2.05, 4.69) is 10.3 Å². The van der Waals surface area contributed by atoms with Crippen LogP contribution in [-0.2, 0) is 9.53 Å². The lowest BCUT2D eigenvalue weighted by atomic mass is 9.92. The molecule has 0 aliphatic heterocycles. The Hall–Kier alpha value is -2.37. The van der Waals surface area contributed by atoms with Gasteiger partial charge in [-0.1, -0.05) is 20.8 Å². The standard InChI is InChI=1S/C20H29N3O3/c1-12-9-14-16(22-17(12)21-15(24)10-19(3,4)5)13(2)11-23(14)18(25)26-20(6,7)8/h9,11H,10H2,1-8H3,(H,21,22,24). The lowest BCUT2D eigenvalue weighted by molar-refractivity contribution is -0.117. The van der Waals surface area contributed by atoms with E-state index in [0.29, 0.717) is 23.3 Å². The van der Waals surface area contributed by atoms with E-state index in [-0.39, 0.29) is 11.3 Å². The first kappa shape index (κ1) is 19.9. The lowest BCUT2D eigenvalue weighted by Gasteiger charge is -2.20. The topological polar surface area (TPSA) is 73.2 Å². The molecule has 142 valence electrons. The first-order valence-corrected chi connectivity index (χ1v) is 8.79. The number of hydrogen-bond acceptors (Lipinski definition) is 4. The lowest BCUT2D eigenvalue weighted by Crippen LogP contribution is -2.26. The van der Waals surface area contributed by atoms with Crippen molar-refractivity contribution in [2.45, 2.75) is 67.4 Å². The zero-order valence-corrected chi connectivity index (χ0v) is 17.0. The van der Waals surface area contributed by atoms with Gasteiger partial charge in [-0.3, -0.25) is 9.36 Å². The van der Waals surface area contributed by atoms with Crippen LogP contribution in [-0.4, -0.2) is 27.2 Å². The van der Waals surface area contributed by atoms with Crippen LogP contribution in [0.3, 0.4) is 0 Å². The minimum Gasteiger partial charge on any atom is -0.443 e. The van der Waals surface area contributed by atoms with Crippen molar-refractivity contribution in [1.29, 1.82) is 0 Å². The number of carbonyl (C=O) groups is 2. The second kappa shape index (κ2) is 6.74. The van der Waals surface area contributed by atoms with Gasteiger partial charge in [-0.15, -0.1) is 0 Å².